The summed E-state index contributed by atoms with van der Waals surface area (Å²) in [6.45, 7) is 0.523. The quantitative estimate of drug-likeness (QED) is 0.846. The molecule has 0 aliphatic heterocycles. The summed E-state index contributed by atoms with van der Waals surface area (Å²) in [4.78, 5) is 11.6. The highest BCUT2D eigenvalue weighted by molar-refractivity contribution is 5.91. The van der Waals surface area contributed by atoms with Gasteiger partial charge >= 0.3 is 0 Å². The normalized spacial score (nSPS) is 12.1. The van der Waals surface area contributed by atoms with Crippen molar-refractivity contribution in [2.75, 3.05) is 6.54 Å². The summed E-state index contributed by atoms with van der Waals surface area (Å²) in [5.74, 6) is 0.114. The molecule has 94 valence electrons. The number of amides is 1. The average molecular weight is 244 g/mol. The number of furan rings is 1. The van der Waals surface area contributed by atoms with Crippen LogP contribution in [0.5, 0.6) is 0 Å². The van der Waals surface area contributed by atoms with E-state index in [2.05, 4.69) is 5.32 Å². The minimum absolute atomic E-state index is 0.0666. The molecule has 0 saturated heterocycles. The molecule has 0 radical (unpaired) electrons. The van der Waals surface area contributed by atoms with Gasteiger partial charge in [0.2, 0.25) is 0 Å². The van der Waals surface area contributed by atoms with E-state index in [1.54, 1.807) is 12.1 Å². The van der Waals surface area contributed by atoms with Crippen LogP contribution in [-0.4, -0.2) is 12.5 Å². The van der Waals surface area contributed by atoms with Gasteiger partial charge in [0, 0.05) is 12.6 Å². The van der Waals surface area contributed by atoms with E-state index in [1.807, 2.05) is 30.3 Å². The van der Waals surface area contributed by atoms with E-state index >= 15 is 0 Å². The average Bonchev–Trinajstić information content (AvgIpc) is 2.93. The topological polar surface area (TPSA) is 68.3 Å². The first-order valence-electron chi connectivity index (χ1n) is 5.89. The third-order valence-electron chi connectivity index (χ3n) is 2.71. The zero-order valence-corrected chi connectivity index (χ0v) is 10.0. The minimum Gasteiger partial charge on any atom is -0.459 e. The first-order chi connectivity index (χ1) is 8.77. The van der Waals surface area contributed by atoms with Crippen molar-refractivity contribution in [3.63, 3.8) is 0 Å². The molecule has 0 bridgehead atoms. The Morgan fingerprint density at radius 3 is 2.67 bits per heavy atom. The van der Waals surface area contributed by atoms with Crippen molar-refractivity contribution in [2.24, 2.45) is 5.73 Å². The molecule has 4 nitrogen and oxygen atoms in total. The third kappa shape index (κ3) is 3.21. The molecule has 4 heteroatoms. The lowest BCUT2D eigenvalue weighted by Gasteiger charge is -2.11. The highest BCUT2D eigenvalue weighted by Crippen LogP contribution is 2.12. The van der Waals surface area contributed by atoms with E-state index in [9.17, 15) is 4.79 Å². The van der Waals surface area contributed by atoms with Crippen molar-refractivity contribution in [3.05, 3.63) is 60.1 Å². The lowest BCUT2D eigenvalue weighted by Crippen LogP contribution is -2.26. The van der Waals surface area contributed by atoms with Crippen LogP contribution in [0.4, 0.5) is 0 Å². The molecule has 1 heterocycles. The molecule has 1 atom stereocenters. The number of nitrogens with two attached hydrogens (primary N) is 1. The Labute approximate surface area is 106 Å². The van der Waals surface area contributed by atoms with E-state index in [4.69, 9.17) is 10.2 Å². The number of carbonyl (C=O) groups is 1. The molecule has 3 N–H and O–H groups in total. The standard InChI is InChI=1S/C14H16N2O2/c15-12(11-5-2-1-3-6-11)8-9-16-14(17)13-7-4-10-18-13/h1-7,10,12H,8-9,15H2,(H,16,17). The predicted octanol–water partition coefficient (Wildman–Crippen LogP) is 2.10. The van der Waals surface area contributed by atoms with Gasteiger partial charge in [-0.1, -0.05) is 30.3 Å². The summed E-state index contributed by atoms with van der Waals surface area (Å²) in [6, 6.07) is 13.1. The van der Waals surface area contributed by atoms with E-state index in [1.165, 1.54) is 6.26 Å². The number of hydrogen-bond acceptors (Lipinski definition) is 3. The SMILES string of the molecule is NC(CCNC(=O)c1ccco1)c1ccccc1. The second-order valence-electron chi connectivity index (χ2n) is 4.04. The van der Waals surface area contributed by atoms with Crippen LogP contribution < -0.4 is 11.1 Å². The molecule has 0 aliphatic carbocycles. The first-order valence-corrected chi connectivity index (χ1v) is 5.89. The van der Waals surface area contributed by atoms with Crippen LogP contribution in [0.1, 0.15) is 28.6 Å². The maximum absolute atomic E-state index is 11.6. The van der Waals surface area contributed by atoms with Gasteiger partial charge in [-0.05, 0) is 24.1 Å². The van der Waals surface area contributed by atoms with Gasteiger partial charge in [0.1, 0.15) is 0 Å². The van der Waals surface area contributed by atoms with Gasteiger partial charge in [0.15, 0.2) is 5.76 Å². The number of nitrogens with one attached hydrogen (secondary N) is 1. The molecule has 1 amide bonds. The van der Waals surface area contributed by atoms with Crippen LogP contribution in [0.2, 0.25) is 0 Å². The van der Waals surface area contributed by atoms with Crippen LogP contribution >= 0.6 is 0 Å². The second-order valence-corrected chi connectivity index (χ2v) is 4.04. The van der Waals surface area contributed by atoms with Crippen LogP contribution in [0.15, 0.2) is 53.1 Å². The largest absolute Gasteiger partial charge is 0.459 e. The van der Waals surface area contributed by atoms with Crippen LogP contribution in [0.3, 0.4) is 0 Å². The Morgan fingerprint density at radius 2 is 2.00 bits per heavy atom. The smallest absolute Gasteiger partial charge is 0.286 e. The van der Waals surface area contributed by atoms with Gasteiger partial charge in [0.25, 0.3) is 5.91 Å². The molecular formula is C14H16N2O2. The Balaban J connectivity index is 1.77. The van der Waals surface area contributed by atoms with Crippen molar-refractivity contribution >= 4 is 5.91 Å². The van der Waals surface area contributed by atoms with Gasteiger partial charge in [-0.2, -0.15) is 0 Å². The molecular weight excluding hydrogens is 228 g/mol. The highest BCUT2D eigenvalue weighted by Gasteiger charge is 2.09. The Hall–Kier alpha value is -2.07. The Morgan fingerprint density at radius 1 is 1.22 bits per heavy atom. The molecule has 1 aromatic carbocycles. The van der Waals surface area contributed by atoms with E-state index < -0.39 is 0 Å². The number of hydrogen-bond donors (Lipinski definition) is 2. The number of rotatable bonds is 5. The van der Waals surface area contributed by atoms with Gasteiger partial charge in [-0.25, -0.2) is 0 Å². The molecule has 18 heavy (non-hydrogen) atoms. The zero-order chi connectivity index (χ0) is 12.8. The van der Waals surface area contributed by atoms with Crippen molar-refractivity contribution in [3.8, 4) is 0 Å². The van der Waals surface area contributed by atoms with E-state index in [-0.39, 0.29) is 11.9 Å². The monoisotopic (exact) mass is 244 g/mol. The van der Waals surface area contributed by atoms with Crippen molar-refractivity contribution in [2.45, 2.75) is 12.5 Å². The van der Waals surface area contributed by atoms with Crippen LogP contribution in [0, 0.1) is 0 Å². The highest BCUT2D eigenvalue weighted by atomic mass is 16.3. The molecule has 1 aromatic heterocycles. The van der Waals surface area contributed by atoms with Gasteiger partial charge in [0.05, 0.1) is 6.26 Å². The van der Waals surface area contributed by atoms with Gasteiger partial charge < -0.3 is 15.5 Å². The summed E-state index contributed by atoms with van der Waals surface area (Å²) in [5.41, 5.74) is 7.10. The molecule has 0 fully saturated rings. The summed E-state index contributed by atoms with van der Waals surface area (Å²) in [7, 11) is 0. The van der Waals surface area contributed by atoms with Crippen LogP contribution in [0.25, 0.3) is 0 Å². The van der Waals surface area contributed by atoms with Crippen molar-refractivity contribution in [1.29, 1.82) is 0 Å². The predicted molar refractivity (Wildman–Crippen MR) is 69.0 cm³/mol. The Bertz CT molecular complexity index is 480. The molecule has 2 aromatic rings. The van der Waals surface area contributed by atoms with Crippen molar-refractivity contribution < 1.29 is 9.21 Å². The van der Waals surface area contributed by atoms with E-state index in [0.29, 0.717) is 18.7 Å². The summed E-state index contributed by atoms with van der Waals surface area (Å²) in [5, 5.41) is 2.77. The molecule has 0 aliphatic rings. The molecule has 0 spiro atoms. The molecule has 1 unspecified atom stereocenters. The fourth-order valence-corrected chi connectivity index (χ4v) is 1.70. The van der Waals surface area contributed by atoms with Crippen molar-refractivity contribution in [1.82, 2.24) is 5.32 Å². The van der Waals surface area contributed by atoms with Crippen LogP contribution in [-0.2, 0) is 0 Å². The van der Waals surface area contributed by atoms with Gasteiger partial charge in [-0.3, -0.25) is 4.79 Å². The minimum atomic E-state index is -0.208. The molecule has 0 saturated carbocycles. The number of carbonyl (C=O) groups excluding carboxylic acids is 1. The first kappa shape index (κ1) is 12.4. The fraction of sp³-hybridized carbons (Fsp3) is 0.214. The lowest BCUT2D eigenvalue weighted by atomic mass is 10.1. The fourth-order valence-electron chi connectivity index (χ4n) is 1.70. The number of benzene rings is 1. The maximum atomic E-state index is 11.6. The summed E-state index contributed by atoms with van der Waals surface area (Å²) < 4.78 is 4.99. The lowest BCUT2D eigenvalue weighted by molar-refractivity contribution is 0.0925. The second kappa shape index (κ2) is 6.02. The van der Waals surface area contributed by atoms with E-state index in [0.717, 1.165) is 5.56 Å². The summed E-state index contributed by atoms with van der Waals surface area (Å²) >= 11 is 0. The summed E-state index contributed by atoms with van der Waals surface area (Å²) in [6.07, 6.45) is 2.17. The van der Waals surface area contributed by atoms with Gasteiger partial charge in [-0.15, -0.1) is 0 Å². The Kier molecular flexibility index (Phi) is 4.15. The maximum Gasteiger partial charge on any atom is 0.286 e. The third-order valence-corrected chi connectivity index (χ3v) is 2.71. The molecule has 2 rings (SSSR count). The zero-order valence-electron chi connectivity index (χ0n) is 10.0.